The van der Waals surface area contributed by atoms with E-state index in [2.05, 4.69) is 21.6 Å². The van der Waals surface area contributed by atoms with E-state index in [1.54, 1.807) is 13.3 Å². The minimum Gasteiger partial charge on any atom is -0.497 e. The molecule has 1 unspecified atom stereocenters. The van der Waals surface area contributed by atoms with Gasteiger partial charge in [-0.3, -0.25) is 5.10 Å². The number of rotatable bonds is 5. The van der Waals surface area contributed by atoms with Crippen LogP contribution in [0.2, 0.25) is 0 Å². The average Bonchev–Trinajstić information content (AvgIpc) is 3.30. The van der Waals surface area contributed by atoms with E-state index in [1.807, 2.05) is 30.3 Å². The third kappa shape index (κ3) is 2.88. The third-order valence-corrected chi connectivity index (χ3v) is 4.21. The highest BCUT2D eigenvalue weighted by Crippen LogP contribution is 2.35. The van der Waals surface area contributed by atoms with Crippen LogP contribution in [-0.2, 0) is 6.54 Å². The molecule has 3 aromatic rings. The number of benzene rings is 1. The van der Waals surface area contributed by atoms with Gasteiger partial charge in [-0.2, -0.15) is 5.10 Å². The van der Waals surface area contributed by atoms with Crippen molar-refractivity contribution in [2.45, 2.75) is 19.0 Å². The van der Waals surface area contributed by atoms with E-state index in [9.17, 15) is 0 Å². The van der Waals surface area contributed by atoms with Gasteiger partial charge in [-0.25, -0.2) is 0 Å². The van der Waals surface area contributed by atoms with E-state index in [4.69, 9.17) is 13.9 Å². The van der Waals surface area contributed by atoms with E-state index in [-0.39, 0.29) is 6.04 Å². The number of aromatic nitrogens is 2. The summed E-state index contributed by atoms with van der Waals surface area (Å²) in [6, 6.07) is 12.0. The van der Waals surface area contributed by atoms with Gasteiger partial charge in [-0.05, 0) is 24.3 Å². The van der Waals surface area contributed by atoms with Gasteiger partial charge in [0.15, 0.2) is 5.76 Å². The monoisotopic (exact) mass is 325 g/mol. The van der Waals surface area contributed by atoms with Crippen molar-refractivity contribution in [3.63, 3.8) is 0 Å². The average molecular weight is 325 g/mol. The quantitative estimate of drug-likeness (QED) is 0.753. The minimum atomic E-state index is 0.236. The van der Waals surface area contributed by atoms with E-state index < -0.39 is 0 Å². The maximum atomic E-state index is 5.86. The normalized spacial score (nSPS) is 16.5. The largest absolute Gasteiger partial charge is 0.497 e. The van der Waals surface area contributed by atoms with E-state index in [0.717, 1.165) is 40.7 Å². The molecule has 0 amide bonds. The number of aromatic amines is 1. The highest BCUT2D eigenvalue weighted by Gasteiger charge is 2.22. The molecule has 0 aliphatic carbocycles. The molecule has 0 radical (unpaired) electrons. The molecule has 0 saturated heterocycles. The Morgan fingerprint density at radius 2 is 2.25 bits per heavy atom. The van der Waals surface area contributed by atoms with Crippen molar-refractivity contribution >= 4 is 0 Å². The zero-order valence-electron chi connectivity index (χ0n) is 13.4. The molecule has 1 aromatic carbocycles. The van der Waals surface area contributed by atoms with Crippen LogP contribution < -0.4 is 14.8 Å². The number of nitrogens with one attached hydrogen (secondary N) is 2. The lowest BCUT2D eigenvalue weighted by molar-refractivity contribution is 0.248. The van der Waals surface area contributed by atoms with Crippen LogP contribution in [0.4, 0.5) is 0 Å². The van der Waals surface area contributed by atoms with Crippen molar-refractivity contribution < 1.29 is 13.9 Å². The molecular formula is C18H19N3O3. The zero-order chi connectivity index (χ0) is 16.4. The van der Waals surface area contributed by atoms with Gasteiger partial charge >= 0.3 is 0 Å². The molecule has 4 rings (SSSR count). The minimum absolute atomic E-state index is 0.236. The SMILES string of the molecule is COc1ccc2c(c1)OCCC2NCc1ccc(-c2ccn[nH]2)o1. The summed E-state index contributed by atoms with van der Waals surface area (Å²) >= 11 is 0. The Labute approximate surface area is 139 Å². The second kappa shape index (κ2) is 6.41. The number of nitrogens with zero attached hydrogens (tertiary/aromatic N) is 1. The summed E-state index contributed by atoms with van der Waals surface area (Å²) in [6.07, 6.45) is 2.64. The van der Waals surface area contributed by atoms with Gasteiger partial charge in [0.25, 0.3) is 0 Å². The fourth-order valence-electron chi connectivity index (χ4n) is 2.94. The van der Waals surface area contributed by atoms with Crippen LogP contribution >= 0.6 is 0 Å². The fraction of sp³-hybridized carbons (Fsp3) is 0.278. The molecule has 6 nitrogen and oxygen atoms in total. The predicted octanol–water partition coefficient (Wildman–Crippen LogP) is 3.29. The summed E-state index contributed by atoms with van der Waals surface area (Å²) in [4.78, 5) is 0. The van der Waals surface area contributed by atoms with Gasteiger partial charge in [0.05, 0.1) is 20.3 Å². The lowest BCUT2D eigenvalue weighted by Crippen LogP contribution is -2.26. The van der Waals surface area contributed by atoms with Crippen molar-refractivity contribution in [1.29, 1.82) is 0 Å². The summed E-state index contributed by atoms with van der Waals surface area (Å²) < 4.78 is 16.9. The lowest BCUT2D eigenvalue weighted by Gasteiger charge is -2.27. The molecule has 0 spiro atoms. The van der Waals surface area contributed by atoms with Crippen molar-refractivity contribution in [2.24, 2.45) is 0 Å². The molecule has 2 aromatic heterocycles. The molecule has 1 atom stereocenters. The number of fused-ring (bicyclic) bond motifs is 1. The number of ether oxygens (including phenoxy) is 2. The third-order valence-electron chi connectivity index (χ3n) is 4.21. The number of hydrogen-bond acceptors (Lipinski definition) is 5. The summed E-state index contributed by atoms with van der Waals surface area (Å²) in [7, 11) is 1.66. The van der Waals surface area contributed by atoms with Crippen molar-refractivity contribution in [3.05, 3.63) is 53.9 Å². The Morgan fingerprint density at radius 1 is 1.29 bits per heavy atom. The van der Waals surface area contributed by atoms with Crippen molar-refractivity contribution in [3.8, 4) is 23.0 Å². The first-order chi connectivity index (χ1) is 11.8. The Bertz CT molecular complexity index is 811. The molecule has 0 fully saturated rings. The van der Waals surface area contributed by atoms with Crippen molar-refractivity contribution in [1.82, 2.24) is 15.5 Å². The molecule has 24 heavy (non-hydrogen) atoms. The van der Waals surface area contributed by atoms with Gasteiger partial charge in [0, 0.05) is 30.3 Å². The highest BCUT2D eigenvalue weighted by molar-refractivity contribution is 5.51. The number of hydrogen-bond donors (Lipinski definition) is 2. The zero-order valence-corrected chi connectivity index (χ0v) is 13.4. The van der Waals surface area contributed by atoms with Crippen LogP contribution in [0.25, 0.3) is 11.5 Å². The molecule has 6 heteroatoms. The maximum Gasteiger partial charge on any atom is 0.152 e. The Kier molecular flexibility index (Phi) is 3.96. The van der Waals surface area contributed by atoms with Crippen LogP contribution in [0.15, 0.2) is 47.0 Å². The van der Waals surface area contributed by atoms with Crippen LogP contribution in [0.5, 0.6) is 11.5 Å². The van der Waals surface area contributed by atoms with Crippen LogP contribution in [-0.4, -0.2) is 23.9 Å². The van der Waals surface area contributed by atoms with E-state index in [1.165, 1.54) is 0 Å². The van der Waals surface area contributed by atoms with Gasteiger partial charge < -0.3 is 19.2 Å². The van der Waals surface area contributed by atoms with E-state index >= 15 is 0 Å². The molecule has 0 saturated carbocycles. The van der Waals surface area contributed by atoms with Gasteiger partial charge in [-0.15, -0.1) is 0 Å². The van der Waals surface area contributed by atoms with Gasteiger partial charge in [0.2, 0.25) is 0 Å². The molecule has 124 valence electrons. The van der Waals surface area contributed by atoms with Crippen LogP contribution in [0.3, 0.4) is 0 Å². The molecule has 1 aliphatic rings. The van der Waals surface area contributed by atoms with Crippen molar-refractivity contribution in [2.75, 3.05) is 13.7 Å². The number of methoxy groups -OCH3 is 1. The van der Waals surface area contributed by atoms with Gasteiger partial charge in [-0.1, -0.05) is 6.07 Å². The molecule has 3 heterocycles. The number of furan rings is 1. The standard InChI is InChI=1S/C18H19N3O3/c1-22-12-2-4-14-15(7-9-23-18(14)10-12)19-11-13-3-5-17(24-13)16-6-8-20-21-16/h2-6,8,10,15,19H,7,9,11H2,1H3,(H,20,21). The van der Waals surface area contributed by atoms with Crippen LogP contribution in [0.1, 0.15) is 23.8 Å². The molecule has 1 aliphatic heterocycles. The summed E-state index contributed by atoms with van der Waals surface area (Å²) in [6.45, 7) is 1.35. The second-order valence-electron chi connectivity index (χ2n) is 5.71. The summed E-state index contributed by atoms with van der Waals surface area (Å²) in [5.74, 6) is 3.38. The Hall–Kier alpha value is -2.73. The predicted molar refractivity (Wildman–Crippen MR) is 89.0 cm³/mol. The molecule has 0 bridgehead atoms. The first-order valence-electron chi connectivity index (χ1n) is 7.96. The first-order valence-corrected chi connectivity index (χ1v) is 7.96. The number of H-pyrrole nitrogens is 1. The Balaban J connectivity index is 1.45. The topological polar surface area (TPSA) is 72.3 Å². The summed E-state index contributed by atoms with van der Waals surface area (Å²) in [5.41, 5.74) is 2.03. The Morgan fingerprint density at radius 3 is 3.08 bits per heavy atom. The first kappa shape index (κ1) is 14.8. The highest BCUT2D eigenvalue weighted by atomic mass is 16.5. The smallest absolute Gasteiger partial charge is 0.152 e. The van der Waals surface area contributed by atoms with Crippen LogP contribution in [0, 0.1) is 0 Å². The molecular weight excluding hydrogens is 306 g/mol. The maximum absolute atomic E-state index is 5.86. The second-order valence-corrected chi connectivity index (χ2v) is 5.71. The van der Waals surface area contributed by atoms with Gasteiger partial charge in [0.1, 0.15) is 23.0 Å². The summed E-state index contributed by atoms with van der Waals surface area (Å²) in [5, 5.41) is 10.4. The van der Waals surface area contributed by atoms with E-state index in [0.29, 0.717) is 13.2 Å². The fourth-order valence-corrected chi connectivity index (χ4v) is 2.94. The lowest BCUT2D eigenvalue weighted by atomic mass is 10.0. The molecule has 2 N–H and O–H groups in total.